The number of carbonyl (C=O) groups excluding carboxylic acids is 1. The van der Waals surface area contributed by atoms with Crippen LogP contribution in [-0.2, 0) is 4.79 Å². The van der Waals surface area contributed by atoms with Crippen molar-refractivity contribution in [2.45, 2.75) is 31.3 Å². The Kier molecular flexibility index (Phi) is 5.90. The van der Waals surface area contributed by atoms with E-state index < -0.39 is 6.10 Å². The van der Waals surface area contributed by atoms with Crippen LogP contribution in [0.2, 0.25) is 0 Å². The van der Waals surface area contributed by atoms with Crippen LogP contribution in [0.4, 0.5) is 5.69 Å². The van der Waals surface area contributed by atoms with Crippen molar-refractivity contribution in [1.82, 2.24) is 0 Å². The molecular weight excluding hydrogens is 294 g/mol. The monoisotopic (exact) mass is 315 g/mol. The van der Waals surface area contributed by atoms with Crippen molar-refractivity contribution < 1.29 is 9.53 Å². The fraction of sp³-hybridized carbons (Fsp3) is 0.278. The predicted molar refractivity (Wildman–Crippen MR) is 92.7 cm³/mol. The van der Waals surface area contributed by atoms with Gasteiger partial charge in [0.1, 0.15) is 5.75 Å². The largest absolute Gasteiger partial charge is 0.481 e. The Morgan fingerprint density at radius 1 is 1.23 bits per heavy atom. The lowest BCUT2D eigenvalue weighted by Gasteiger charge is -2.17. The maximum atomic E-state index is 12.4. The summed E-state index contributed by atoms with van der Waals surface area (Å²) in [4.78, 5) is 13.5. The molecule has 22 heavy (non-hydrogen) atoms. The number of nitrogens with one attached hydrogen (secondary N) is 1. The Morgan fingerprint density at radius 3 is 2.59 bits per heavy atom. The summed E-state index contributed by atoms with van der Waals surface area (Å²) in [7, 11) is 0. The number of ether oxygens (including phenoxy) is 1. The van der Waals surface area contributed by atoms with E-state index in [4.69, 9.17) is 4.74 Å². The highest BCUT2D eigenvalue weighted by Gasteiger charge is 2.18. The number of aryl methyl sites for hydroxylation is 1. The summed E-state index contributed by atoms with van der Waals surface area (Å²) in [6.07, 6.45) is 2.12. The van der Waals surface area contributed by atoms with Crippen LogP contribution in [0.3, 0.4) is 0 Å². The van der Waals surface area contributed by atoms with E-state index in [-0.39, 0.29) is 5.91 Å². The fourth-order valence-electron chi connectivity index (χ4n) is 2.03. The second kappa shape index (κ2) is 7.90. The minimum atomic E-state index is -0.499. The number of hydrogen-bond acceptors (Lipinski definition) is 3. The first-order valence-electron chi connectivity index (χ1n) is 7.30. The van der Waals surface area contributed by atoms with Gasteiger partial charge in [0.25, 0.3) is 5.91 Å². The van der Waals surface area contributed by atoms with Gasteiger partial charge in [-0.3, -0.25) is 4.79 Å². The highest BCUT2D eigenvalue weighted by molar-refractivity contribution is 7.98. The zero-order valence-corrected chi connectivity index (χ0v) is 13.9. The number of hydrogen-bond donors (Lipinski definition) is 1. The van der Waals surface area contributed by atoms with Crippen molar-refractivity contribution in [2.75, 3.05) is 11.6 Å². The second-order valence-corrected chi connectivity index (χ2v) is 5.93. The summed E-state index contributed by atoms with van der Waals surface area (Å²) < 4.78 is 5.79. The number of anilines is 1. The van der Waals surface area contributed by atoms with E-state index in [1.807, 2.05) is 68.6 Å². The highest BCUT2D eigenvalue weighted by atomic mass is 32.2. The van der Waals surface area contributed by atoms with Gasteiger partial charge in [0, 0.05) is 10.6 Å². The van der Waals surface area contributed by atoms with Crippen LogP contribution in [0, 0.1) is 6.92 Å². The van der Waals surface area contributed by atoms with Gasteiger partial charge < -0.3 is 10.1 Å². The molecule has 0 aliphatic heterocycles. The number of carbonyl (C=O) groups is 1. The minimum absolute atomic E-state index is 0.124. The molecule has 0 saturated heterocycles. The van der Waals surface area contributed by atoms with Gasteiger partial charge in [0.05, 0.1) is 0 Å². The third-order valence-electron chi connectivity index (χ3n) is 3.30. The van der Waals surface area contributed by atoms with E-state index in [0.717, 1.165) is 10.6 Å². The predicted octanol–water partition coefficient (Wildman–Crippen LogP) is 4.51. The van der Waals surface area contributed by atoms with Crippen LogP contribution >= 0.6 is 11.8 Å². The zero-order chi connectivity index (χ0) is 15.9. The molecule has 0 heterocycles. The number of thioether (sulfide) groups is 1. The molecule has 4 heteroatoms. The van der Waals surface area contributed by atoms with E-state index in [9.17, 15) is 4.79 Å². The summed E-state index contributed by atoms with van der Waals surface area (Å²) in [5, 5.41) is 2.92. The molecule has 0 fully saturated rings. The highest BCUT2D eigenvalue weighted by Crippen LogP contribution is 2.20. The molecule has 2 rings (SSSR count). The molecule has 0 radical (unpaired) electrons. The molecule has 1 amide bonds. The molecule has 0 aromatic heterocycles. The molecule has 0 aliphatic carbocycles. The molecular formula is C18H21NO2S. The average Bonchev–Trinajstić information content (AvgIpc) is 2.54. The summed E-state index contributed by atoms with van der Waals surface area (Å²) in [5.74, 6) is 0.590. The maximum absolute atomic E-state index is 12.4. The quantitative estimate of drug-likeness (QED) is 0.797. The van der Waals surface area contributed by atoms with Gasteiger partial charge in [-0.05, 0) is 49.9 Å². The molecule has 0 saturated carbocycles. The average molecular weight is 315 g/mol. The van der Waals surface area contributed by atoms with Crippen molar-refractivity contribution in [2.24, 2.45) is 0 Å². The van der Waals surface area contributed by atoms with Crippen LogP contribution < -0.4 is 10.1 Å². The van der Waals surface area contributed by atoms with Crippen LogP contribution in [-0.4, -0.2) is 18.3 Å². The van der Waals surface area contributed by atoms with E-state index in [2.05, 4.69) is 5.32 Å². The molecule has 3 nitrogen and oxygen atoms in total. The Bertz CT molecular complexity index is 625. The molecule has 0 unspecified atom stereocenters. The van der Waals surface area contributed by atoms with Gasteiger partial charge >= 0.3 is 0 Å². The lowest BCUT2D eigenvalue weighted by molar-refractivity contribution is -0.122. The van der Waals surface area contributed by atoms with Gasteiger partial charge in [-0.1, -0.05) is 30.7 Å². The normalized spacial score (nSPS) is 11.8. The molecule has 0 bridgehead atoms. The SMILES string of the molecule is CC[C@@H](Oc1ccc(C)cc1)C(=O)Nc1cccc(SC)c1. The first-order valence-corrected chi connectivity index (χ1v) is 8.53. The van der Waals surface area contributed by atoms with Crippen molar-refractivity contribution in [3.8, 4) is 5.75 Å². The standard InChI is InChI=1S/C18H21NO2S/c1-4-17(21-15-10-8-13(2)9-11-15)18(20)19-14-6-5-7-16(12-14)22-3/h5-12,17H,4H2,1-3H3,(H,19,20)/t17-/m1/s1. The van der Waals surface area contributed by atoms with Crippen LogP contribution in [0.1, 0.15) is 18.9 Å². The van der Waals surface area contributed by atoms with Crippen LogP contribution in [0.5, 0.6) is 5.75 Å². The number of amides is 1. The second-order valence-electron chi connectivity index (χ2n) is 5.05. The third-order valence-corrected chi connectivity index (χ3v) is 4.03. The molecule has 0 aliphatic rings. The number of rotatable bonds is 6. The lowest BCUT2D eigenvalue weighted by Crippen LogP contribution is -2.32. The summed E-state index contributed by atoms with van der Waals surface area (Å²) in [6, 6.07) is 15.5. The molecule has 0 spiro atoms. The van der Waals surface area contributed by atoms with Crippen molar-refractivity contribution in [3.05, 3.63) is 54.1 Å². The van der Waals surface area contributed by atoms with Crippen LogP contribution in [0.25, 0.3) is 0 Å². The molecule has 116 valence electrons. The van der Waals surface area contributed by atoms with Gasteiger partial charge in [-0.2, -0.15) is 0 Å². The fourth-order valence-corrected chi connectivity index (χ4v) is 2.49. The minimum Gasteiger partial charge on any atom is -0.481 e. The summed E-state index contributed by atoms with van der Waals surface area (Å²) in [5.41, 5.74) is 1.96. The third kappa shape index (κ3) is 4.53. The van der Waals surface area contributed by atoms with E-state index in [1.54, 1.807) is 11.8 Å². The van der Waals surface area contributed by atoms with Crippen molar-refractivity contribution in [1.29, 1.82) is 0 Å². The van der Waals surface area contributed by atoms with Gasteiger partial charge in [-0.15, -0.1) is 11.8 Å². The summed E-state index contributed by atoms with van der Waals surface area (Å²) >= 11 is 1.65. The van der Waals surface area contributed by atoms with Crippen LogP contribution in [0.15, 0.2) is 53.4 Å². The molecule has 1 N–H and O–H groups in total. The number of benzene rings is 2. The van der Waals surface area contributed by atoms with Gasteiger partial charge in [-0.25, -0.2) is 0 Å². The van der Waals surface area contributed by atoms with Gasteiger partial charge in [0.2, 0.25) is 0 Å². The summed E-state index contributed by atoms with van der Waals surface area (Å²) in [6.45, 7) is 3.96. The first kappa shape index (κ1) is 16.4. The Balaban J connectivity index is 2.03. The Labute approximate surface area is 136 Å². The molecule has 1 atom stereocenters. The van der Waals surface area contributed by atoms with Crippen molar-refractivity contribution in [3.63, 3.8) is 0 Å². The zero-order valence-electron chi connectivity index (χ0n) is 13.1. The van der Waals surface area contributed by atoms with E-state index in [0.29, 0.717) is 12.2 Å². The maximum Gasteiger partial charge on any atom is 0.265 e. The van der Waals surface area contributed by atoms with E-state index >= 15 is 0 Å². The molecule has 2 aromatic carbocycles. The topological polar surface area (TPSA) is 38.3 Å². The lowest BCUT2D eigenvalue weighted by atomic mass is 10.2. The van der Waals surface area contributed by atoms with Crippen molar-refractivity contribution >= 4 is 23.4 Å². The molecule has 2 aromatic rings. The van der Waals surface area contributed by atoms with Gasteiger partial charge in [0.15, 0.2) is 6.10 Å². The first-order chi connectivity index (χ1) is 10.6. The smallest absolute Gasteiger partial charge is 0.265 e. The Hall–Kier alpha value is -1.94. The Morgan fingerprint density at radius 2 is 1.95 bits per heavy atom. The van der Waals surface area contributed by atoms with E-state index in [1.165, 1.54) is 5.56 Å².